The Bertz CT molecular complexity index is 434. The van der Waals surface area contributed by atoms with Crippen molar-refractivity contribution in [1.29, 1.82) is 0 Å². The molecule has 1 rings (SSSR count). The number of hydrogen-bond donors (Lipinski definition) is 1. The molecule has 0 aliphatic rings. The van der Waals surface area contributed by atoms with E-state index in [1.807, 2.05) is 37.9 Å². The second kappa shape index (κ2) is 9.55. The Labute approximate surface area is 133 Å². The minimum absolute atomic E-state index is 0.570. The van der Waals surface area contributed by atoms with Gasteiger partial charge in [0.1, 0.15) is 5.75 Å². The number of rotatable bonds is 7. The van der Waals surface area contributed by atoms with Crippen molar-refractivity contribution < 1.29 is 4.74 Å². The number of aliphatic imine (C=N–C) groups is 1. The molecule has 1 atom stereocenters. The average Bonchev–Trinajstić information content (AvgIpc) is 2.49. The summed E-state index contributed by atoms with van der Waals surface area (Å²) in [6.07, 6.45) is 2.12. The molecule has 1 aromatic carbocycles. The van der Waals surface area contributed by atoms with E-state index < -0.39 is 0 Å². The van der Waals surface area contributed by atoms with E-state index in [0.29, 0.717) is 11.9 Å². The van der Waals surface area contributed by atoms with Crippen LogP contribution in [0.15, 0.2) is 29.3 Å². The zero-order chi connectivity index (χ0) is 15.7. The van der Waals surface area contributed by atoms with Crippen LogP contribution in [0, 0.1) is 0 Å². The molecule has 118 valence electrons. The minimum atomic E-state index is 0.570. The highest BCUT2D eigenvalue weighted by atomic mass is 32.2. The Morgan fingerprint density at radius 3 is 2.57 bits per heavy atom. The molecular weight excluding hydrogens is 282 g/mol. The molecule has 1 unspecified atom stereocenters. The van der Waals surface area contributed by atoms with Crippen molar-refractivity contribution in [2.75, 3.05) is 33.5 Å². The molecule has 1 aromatic rings. The lowest BCUT2D eigenvalue weighted by atomic mass is 10.2. The van der Waals surface area contributed by atoms with Crippen molar-refractivity contribution in [3.8, 4) is 5.75 Å². The Hall–Kier alpha value is -1.36. The molecule has 0 radical (unpaired) electrons. The molecule has 0 aliphatic carbocycles. The first-order valence-electron chi connectivity index (χ1n) is 7.27. The van der Waals surface area contributed by atoms with Gasteiger partial charge in [-0.3, -0.25) is 4.99 Å². The van der Waals surface area contributed by atoms with Gasteiger partial charge in [0.15, 0.2) is 5.96 Å². The molecule has 21 heavy (non-hydrogen) atoms. The molecular formula is C16H27N3OS. The SMILES string of the molecule is CCOc1ccc(CN(C)C(=NC)NCC(C)SC)cc1. The first-order chi connectivity index (χ1) is 10.1. The smallest absolute Gasteiger partial charge is 0.193 e. The maximum atomic E-state index is 5.46. The van der Waals surface area contributed by atoms with Gasteiger partial charge in [-0.2, -0.15) is 11.8 Å². The summed E-state index contributed by atoms with van der Waals surface area (Å²) in [4.78, 5) is 6.46. The van der Waals surface area contributed by atoms with Gasteiger partial charge in [-0.1, -0.05) is 19.1 Å². The van der Waals surface area contributed by atoms with Crippen LogP contribution in [0.1, 0.15) is 19.4 Å². The summed E-state index contributed by atoms with van der Waals surface area (Å²) in [5.41, 5.74) is 1.24. The number of benzene rings is 1. The van der Waals surface area contributed by atoms with Crippen molar-refractivity contribution in [3.05, 3.63) is 29.8 Å². The van der Waals surface area contributed by atoms with Crippen LogP contribution in [0.25, 0.3) is 0 Å². The van der Waals surface area contributed by atoms with Crippen LogP contribution in [0.3, 0.4) is 0 Å². The van der Waals surface area contributed by atoms with Gasteiger partial charge < -0.3 is 15.0 Å². The molecule has 0 saturated heterocycles. The van der Waals surface area contributed by atoms with Gasteiger partial charge in [0.2, 0.25) is 0 Å². The molecule has 0 spiro atoms. The Morgan fingerprint density at radius 1 is 1.38 bits per heavy atom. The summed E-state index contributed by atoms with van der Waals surface area (Å²) in [5, 5.41) is 3.97. The third-order valence-corrected chi connectivity index (χ3v) is 4.15. The highest BCUT2D eigenvalue weighted by Crippen LogP contribution is 2.13. The van der Waals surface area contributed by atoms with Crippen molar-refractivity contribution >= 4 is 17.7 Å². The summed E-state index contributed by atoms with van der Waals surface area (Å²) < 4.78 is 5.46. The lowest BCUT2D eigenvalue weighted by Crippen LogP contribution is -2.40. The van der Waals surface area contributed by atoms with Gasteiger partial charge in [0.25, 0.3) is 0 Å². The largest absolute Gasteiger partial charge is 0.494 e. The van der Waals surface area contributed by atoms with E-state index >= 15 is 0 Å². The third-order valence-electron chi connectivity index (χ3n) is 3.18. The molecule has 0 heterocycles. The van der Waals surface area contributed by atoms with Gasteiger partial charge >= 0.3 is 0 Å². The van der Waals surface area contributed by atoms with Gasteiger partial charge in [-0.25, -0.2) is 0 Å². The van der Waals surface area contributed by atoms with E-state index in [2.05, 4.69) is 47.6 Å². The highest BCUT2D eigenvalue weighted by Gasteiger charge is 2.08. The third kappa shape index (κ3) is 6.29. The average molecular weight is 309 g/mol. The van der Waals surface area contributed by atoms with E-state index in [9.17, 15) is 0 Å². The first kappa shape index (κ1) is 17.7. The number of nitrogens with one attached hydrogen (secondary N) is 1. The van der Waals surface area contributed by atoms with Crippen molar-refractivity contribution in [2.24, 2.45) is 4.99 Å². The summed E-state index contributed by atoms with van der Waals surface area (Å²) >= 11 is 1.85. The maximum absolute atomic E-state index is 5.46. The van der Waals surface area contributed by atoms with Crippen LogP contribution in [-0.4, -0.2) is 49.6 Å². The number of thioether (sulfide) groups is 1. The summed E-state index contributed by atoms with van der Waals surface area (Å²) in [5.74, 6) is 1.84. The zero-order valence-corrected chi connectivity index (χ0v) is 14.5. The van der Waals surface area contributed by atoms with Gasteiger partial charge in [-0.05, 0) is 30.9 Å². The normalized spacial score (nSPS) is 12.9. The van der Waals surface area contributed by atoms with Crippen molar-refractivity contribution in [3.63, 3.8) is 0 Å². The van der Waals surface area contributed by atoms with E-state index in [0.717, 1.165) is 24.8 Å². The van der Waals surface area contributed by atoms with E-state index in [4.69, 9.17) is 4.74 Å². The molecule has 4 nitrogen and oxygen atoms in total. The molecule has 0 aliphatic heterocycles. The van der Waals surface area contributed by atoms with Crippen molar-refractivity contribution in [1.82, 2.24) is 10.2 Å². The van der Waals surface area contributed by atoms with Crippen LogP contribution < -0.4 is 10.1 Å². The summed E-state index contributed by atoms with van der Waals surface area (Å²) in [7, 11) is 3.87. The lowest BCUT2D eigenvalue weighted by Gasteiger charge is -2.23. The van der Waals surface area contributed by atoms with E-state index in [1.165, 1.54) is 5.56 Å². The molecule has 1 N–H and O–H groups in total. The number of hydrogen-bond acceptors (Lipinski definition) is 3. The zero-order valence-electron chi connectivity index (χ0n) is 13.7. The fourth-order valence-corrected chi connectivity index (χ4v) is 2.16. The molecule has 0 saturated carbocycles. The van der Waals surface area contributed by atoms with Gasteiger partial charge in [0.05, 0.1) is 6.61 Å². The standard InChI is InChI=1S/C16H27N3OS/c1-6-20-15-9-7-14(8-10-15)12-19(4)16(17-3)18-11-13(2)21-5/h7-10,13H,6,11-12H2,1-5H3,(H,17,18). The van der Waals surface area contributed by atoms with E-state index in [-0.39, 0.29) is 0 Å². The van der Waals surface area contributed by atoms with Crippen LogP contribution in [0.2, 0.25) is 0 Å². The Balaban J connectivity index is 2.55. The topological polar surface area (TPSA) is 36.9 Å². The van der Waals surface area contributed by atoms with Crippen LogP contribution in [0.5, 0.6) is 5.75 Å². The van der Waals surface area contributed by atoms with Crippen LogP contribution in [0.4, 0.5) is 0 Å². The van der Waals surface area contributed by atoms with E-state index in [1.54, 1.807) is 0 Å². The molecule has 0 fully saturated rings. The minimum Gasteiger partial charge on any atom is -0.494 e. The first-order valence-corrected chi connectivity index (χ1v) is 8.55. The monoisotopic (exact) mass is 309 g/mol. The van der Waals surface area contributed by atoms with Crippen LogP contribution >= 0.6 is 11.8 Å². The number of ether oxygens (including phenoxy) is 1. The predicted octanol–water partition coefficient (Wildman–Crippen LogP) is 2.84. The van der Waals surface area contributed by atoms with Gasteiger partial charge in [0, 0.05) is 32.4 Å². The molecule has 5 heteroatoms. The van der Waals surface area contributed by atoms with Crippen molar-refractivity contribution in [2.45, 2.75) is 25.6 Å². The lowest BCUT2D eigenvalue weighted by molar-refractivity contribution is 0.340. The fourth-order valence-electron chi connectivity index (χ4n) is 1.91. The predicted molar refractivity (Wildman–Crippen MR) is 93.4 cm³/mol. The molecule has 0 aromatic heterocycles. The maximum Gasteiger partial charge on any atom is 0.193 e. The molecule has 0 amide bonds. The quantitative estimate of drug-likeness (QED) is 0.621. The van der Waals surface area contributed by atoms with Gasteiger partial charge in [-0.15, -0.1) is 0 Å². The Kier molecular flexibility index (Phi) is 8.05. The number of guanidine groups is 1. The highest BCUT2D eigenvalue weighted by molar-refractivity contribution is 7.99. The second-order valence-corrected chi connectivity index (χ2v) is 6.18. The fraction of sp³-hybridized carbons (Fsp3) is 0.562. The van der Waals surface area contributed by atoms with Crippen LogP contribution in [-0.2, 0) is 6.54 Å². The molecule has 0 bridgehead atoms. The summed E-state index contributed by atoms with van der Waals surface area (Å²) in [6, 6.07) is 8.22. The number of nitrogens with zero attached hydrogens (tertiary/aromatic N) is 2. The Morgan fingerprint density at radius 2 is 2.05 bits per heavy atom. The second-order valence-electron chi connectivity index (χ2n) is 4.91. The summed E-state index contributed by atoms with van der Waals surface area (Å²) in [6.45, 7) is 6.63.